The summed E-state index contributed by atoms with van der Waals surface area (Å²) in [4.78, 5) is 4.03. The Morgan fingerprint density at radius 2 is 1.94 bits per heavy atom. The molecule has 0 spiro atoms. The van der Waals surface area contributed by atoms with Crippen LogP contribution in [0.1, 0.15) is 29.7 Å². The van der Waals surface area contributed by atoms with E-state index in [-0.39, 0.29) is 0 Å². The molecule has 94 valence electrons. The molecule has 0 radical (unpaired) electrons. The Labute approximate surface area is 107 Å². The first-order valence-corrected chi connectivity index (χ1v) is 6.03. The molecular formula is C15H17NO2. The monoisotopic (exact) mass is 243 g/mol. The van der Waals surface area contributed by atoms with E-state index in [0.717, 1.165) is 22.4 Å². The standard InChI is InChI=1S/C15H17NO2/c1-3-18-13-6-4-12(5-7-13)15(17)14-8-9-16-10-11(14)2/h4-10,15,17H,3H2,1-2H3. The van der Waals surface area contributed by atoms with Gasteiger partial charge >= 0.3 is 0 Å². The van der Waals surface area contributed by atoms with Crippen molar-refractivity contribution >= 4 is 0 Å². The quantitative estimate of drug-likeness (QED) is 0.897. The molecule has 0 aliphatic carbocycles. The third-order valence-corrected chi connectivity index (χ3v) is 2.87. The van der Waals surface area contributed by atoms with Gasteiger partial charge in [-0.05, 0) is 48.7 Å². The maximum atomic E-state index is 10.3. The molecule has 1 N–H and O–H groups in total. The molecule has 1 unspecified atom stereocenters. The van der Waals surface area contributed by atoms with Gasteiger partial charge in [0.25, 0.3) is 0 Å². The van der Waals surface area contributed by atoms with Gasteiger partial charge in [-0.2, -0.15) is 0 Å². The summed E-state index contributed by atoms with van der Waals surface area (Å²) in [6.07, 6.45) is 2.83. The topological polar surface area (TPSA) is 42.4 Å². The highest BCUT2D eigenvalue weighted by Gasteiger charge is 2.12. The van der Waals surface area contributed by atoms with Crippen LogP contribution in [0.25, 0.3) is 0 Å². The molecule has 0 bridgehead atoms. The lowest BCUT2D eigenvalue weighted by molar-refractivity contribution is 0.219. The average molecular weight is 243 g/mol. The van der Waals surface area contributed by atoms with Crippen LogP contribution in [0.15, 0.2) is 42.7 Å². The summed E-state index contributed by atoms with van der Waals surface area (Å²) >= 11 is 0. The number of nitrogens with zero attached hydrogens (tertiary/aromatic N) is 1. The van der Waals surface area contributed by atoms with Crippen molar-refractivity contribution in [3.05, 3.63) is 59.4 Å². The Morgan fingerprint density at radius 1 is 1.22 bits per heavy atom. The molecule has 0 fully saturated rings. The van der Waals surface area contributed by atoms with Gasteiger partial charge < -0.3 is 9.84 Å². The highest BCUT2D eigenvalue weighted by Crippen LogP contribution is 2.25. The van der Waals surface area contributed by atoms with E-state index in [0.29, 0.717) is 6.61 Å². The fourth-order valence-electron chi connectivity index (χ4n) is 1.88. The predicted octanol–water partition coefficient (Wildman–Crippen LogP) is 2.87. The second kappa shape index (κ2) is 5.65. The second-order valence-electron chi connectivity index (χ2n) is 4.14. The zero-order chi connectivity index (χ0) is 13.0. The maximum absolute atomic E-state index is 10.3. The molecule has 0 saturated carbocycles. The van der Waals surface area contributed by atoms with Crippen LogP contribution in [0.4, 0.5) is 0 Å². The molecule has 18 heavy (non-hydrogen) atoms. The first kappa shape index (κ1) is 12.6. The van der Waals surface area contributed by atoms with Crippen LogP contribution in [0.5, 0.6) is 5.75 Å². The van der Waals surface area contributed by atoms with Gasteiger partial charge in [0, 0.05) is 12.4 Å². The number of rotatable bonds is 4. The molecule has 2 rings (SSSR count). The minimum Gasteiger partial charge on any atom is -0.494 e. The number of pyridine rings is 1. The summed E-state index contributed by atoms with van der Waals surface area (Å²) in [5.74, 6) is 0.819. The first-order chi connectivity index (χ1) is 8.72. The number of aliphatic hydroxyl groups excluding tert-OH is 1. The SMILES string of the molecule is CCOc1ccc(C(O)c2ccncc2C)cc1. The fourth-order valence-corrected chi connectivity index (χ4v) is 1.88. The number of hydrogen-bond acceptors (Lipinski definition) is 3. The predicted molar refractivity (Wildman–Crippen MR) is 70.6 cm³/mol. The molecule has 2 aromatic rings. The highest BCUT2D eigenvalue weighted by molar-refractivity contribution is 5.36. The fraction of sp³-hybridized carbons (Fsp3) is 0.267. The lowest BCUT2D eigenvalue weighted by Crippen LogP contribution is -2.02. The molecule has 1 aromatic heterocycles. The van der Waals surface area contributed by atoms with E-state index in [9.17, 15) is 5.11 Å². The van der Waals surface area contributed by atoms with Crippen molar-refractivity contribution in [2.75, 3.05) is 6.61 Å². The van der Waals surface area contributed by atoms with Gasteiger partial charge in [-0.3, -0.25) is 4.98 Å². The molecule has 3 nitrogen and oxygen atoms in total. The van der Waals surface area contributed by atoms with Crippen LogP contribution in [-0.4, -0.2) is 16.7 Å². The Hall–Kier alpha value is -1.87. The van der Waals surface area contributed by atoms with Crippen molar-refractivity contribution in [3.63, 3.8) is 0 Å². The van der Waals surface area contributed by atoms with Crippen LogP contribution < -0.4 is 4.74 Å². The van der Waals surface area contributed by atoms with Gasteiger partial charge in [0.05, 0.1) is 6.61 Å². The van der Waals surface area contributed by atoms with Crippen molar-refractivity contribution in [1.29, 1.82) is 0 Å². The molecular weight excluding hydrogens is 226 g/mol. The Kier molecular flexibility index (Phi) is 3.95. The van der Waals surface area contributed by atoms with Gasteiger partial charge in [0.2, 0.25) is 0 Å². The van der Waals surface area contributed by atoms with E-state index < -0.39 is 6.10 Å². The van der Waals surface area contributed by atoms with Crippen molar-refractivity contribution in [1.82, 2.24) is 4.98 Å². The van der Waals surface area contributed by atoms with E-state index in [4.69, 9.17) is 4.74 Å². The van der Waals surface area contributed by atoms with Gasteiger partial charge in [0.1, 0.15) is 11.9 Å². The van der Waals surface area contributed by atoms with Crippen LogP contribution in [0, 0.1) is 6.92 Å². The minimum atomic E-state index is -0.622. The van der Waals surface area contributed by atoms with Crippen LogP contribution >= 0.6 is 0 Å². The number of benzene rings is 1. The lowest BCUT2D eigenvalue weighted by Gasteiger charge is -2.14. The molecule has 1 aromatic carbocycles. The number of aliphatic hydroxyl groups is 1. The molecule has 3 heteroatoms. The van der Waals surface area contributed by atoms with Gasteiger partial charge in [-0.1, -0.05) is 12.1 Å². The van der Waals surface area contributed by atoms with Gasteiger partial charge in [-0.25, -0.2) is 0 Å². The second-order valence-corrected chi connectivity index (χ2v) is 4.14. The average Bonchev–Trinajstić information content (AvgIpc) is 2.40. The van der Waals surface area contributed by atoms with E-state index in [1.807, 2.05) is 44.2 Å². The number of hydrogen-bond donors (Lipinski definition) is 1. The summed E-state index contributed by atoms with van der Waals surface area (Å²) in [6, 6.07) is 9.36. The summed E-state index contributed by atoms with van der Waals surface area (Å²) in [7, 11) is 0. The summed E-state index contributed by atoms with van der Waals surface area (Å²) < 4.78 is 5.38. The van der Waals surface area contributed by atoms with E-state index in [1.54, 1.807) is 12.4 Å². The van der Waals surface area contributed by atoms with Crippen LogP contribution in [0.3, 0.4) is 0 Å². The minimum absolute atomic E-state index is 0.622. The van der Waals surface area contributed by atoms with Crippen molar-refractivity contribution in [2.24, 2.45) is 0 Å². The normalized spacial score (nSPS) is 12.2. The third-order valence-electron chi connectivity index (χ3n) is 2.87. The summed E-state index contributed by atoms with van der Waals surface area (Å²) in [6.45, 7) is 4.54. The third kappa shape index (κ3) is 2.68. The Balaban J connectivity index is 2.23. The molecule has 1 heterocycles. The summed E-state index contributed by atoms with van der Waals surface area (Å²) in [5, 5.41) is 10.3. The highest BCUT2D eigenvalue weighted by atomic mass is 16.5. The lowest BCUT2D eigenvalue weighted by atomic mass is 9.99. The van der Waals surface area contributed by atoms with Crippen molar-refractivity contribution in [3.8, 4) is 5.75 Å². The zero-order valence-electron chi connectivity index (χ0n) is 10.6. The molecule has 0 amide bonds. The van der Waals surface area contributed by atoms with Gasteiger partial charge in [-0.15, -0.1) is 0 Å². The Bertz CT molecular complexity index is 508. The smallest absolute Gasteiger partial charge is 0.119 e. The molecule has 1 atom stereocenters. The molecule has 0 aliphatic rings. The summed E-state index contributed by atoms with van der Waals surface area (Å²) in [5.41, 5.74) is 2.72. The van der Waals surface area contributed by atoms with Crippen LogP contribution in [-0.2, 0) is 0 Å². The van der Waals surface area contributed by atoms with Crippen molar-refractivity contribution in [2.45, 2.75) is 20.0 Å². The molecule has 0 aliphatic heterocycles. The number of aromatic nitrogens is 1. The maximum Gasteiger partial charge on any atom is 0.119 e. The van der Waals surface area contributed by atoms with E-state index >= 15 is 0 Å². The van der Waals surface area contributed by atoms with E-state index in [1.165, 1.54) is 0 Å². The molecule has 0 saturated heterocycles. The number of aryl methyl sites for hydroxylation is 1. The largest absolute Gasteiger partial charge is 0.494 e. The van der Waals surface area contributed by atoms with Crippen LogP contribution in [0.2, 0.25) is 0 Å². The van der Waals surface area contributed by atoms with E-state index in [2.05, 4.69) is 4.98 Å². The van der Waals surface area contributed by atoms with Crippen molar-refractivity contribution < 1.29 is 9.84 Å². The first-order valence-electron chi connectivity index (χ1n) is 6.03. The Morgan fingerprint density at radius 3 is 2.56 bits per heavy atom. The zero-order valence-corrected chi connectivity index (χ0v) is 10.6. The number of ether oxygens (including phenoxy) is 1. The van der Waals surface area contributed by atoms with Gasteiger partial charge in [0.15, 0.2) is 0 Å².